The molecule has 0 aromatic heterocycles. The van der Waals surface area contributed by atoms with Gasteiger partial charge < -0.3 is 15.8 Å². The van der Waals surface area contributed by atoms with Crippen molar-refractivity contribution >= 4 is 29.9 Å². The standard InChI is InChI=1S/C18H27ClN2O2.ClH/c1-23-16(12-20)11-17(22)21-13-18(9-3-2-4-10-18)14-5-7-15(19)8-6-14;/h5-8,16H,2-4,9-13,20H2,1H3,(H,21,22);1H. The number of rotatable bonds is 7. The normalized spacial score (nSPS) is 17.6. The second-order valence-corrected chi connectivity index (χ2v) is 6.86. The molecule has 0 spiro atoms. The molecule has 0 saturated heterocycles. The maximum absolute atomic E-state index is 12.2. The van der Waals surface area contributed by atoms with Gasteiger partial charge in [-0.25, -0.2) is 0 Å². The van der Waals surface area contributed by atoms with Crippen LogP contribution in [0.1, 0.15) is 44.1 Å². The minimum absolute atomic E-state index is 0. The molecule has 1 fully saturated rings. The molecule has 0 bridgehead atoms. The van der Waals surface area contributed by atoms with Gasteiger partial charge in [0.2, 0.25) is 5.91 Å². The van der Waals surface area contributed by atoms with Gasteiger partial charge in [0.25, 0.3) is 0 Å². The van der Waals surface area contributed by atoms with E-state index in [4.69, 9.17) is 22.1 Å². The summed E-state index contributed by atoms with van der Waals surface area (Å²) in [5, 5.41) is 3.84. The zero-order valence-electron chi connectivity index (χ0n) is 14.2. The Hall–Kier alpha value is -0.810. The molecule has 3 N–H and O–H groups in total. The van der Waals surface area contributed by atoms with Crippen molar-refractivity contribution in [2.45, 2.75) is 50.0 Å². The Bertz CT molecular complexity index is 498. The van der Waals surface area contributed by atoms with Crippen LogP contribution in [0.3, 0.4) is 0 Å². The van der Waals surface area contributed by atoms with E-state index >= 15 is 0 Å². The summed E-state index contributed by atoms with van der Waals surface area (Å²) in [6, 6.07) is 8.06. The molecule has 6 heteroatoms. The summed E-state index contributed by atoms with van der Waals surface area (Å²) in [7, 11) is 1.58. The molecule has 0 aliphatic heterocycles. The van der Waals surface area contributed by atoms with Gasteiger partial charge in [0.1, 0.15) is 0 Å². The number of carbonyl (C=O) groups excluding carboxylic acids is 1. The van der Waals surface area contributed by atoms with Crippen molar-refractivity contribution in [3.63, 3.8) is 0 Å². The molecule has 2 rings (SSSR count). The molecule has 0 radical (unpaired) electrons. The third-order valence-electron chi connectivity index (χ3n) is 4.90. The van der Waals surface area contributed by atoms with Crippen LogP contribution < -0.4 is 11.1 Å². The second-order valence-electron chi connectivity index (χ2n) is 6.42. The first-order valence-corrected chi connectivity index (χ1v) is 8.73. The van der Waals surface area contributed by atoms with Gasteiger partial charge in [-0.05, 0) is 30.5 Å². The quantitative estimate of drug-likeness (QED) is 0.767. The first-order valence-electron chi connectivity index (χ1n) is 8.35. The summed E-state index contributed by atoms with van der Waals surface area (Å²) in [4.78, 5) is 12.2. The highest BCUT2D eigenvalue weighted by Crippen LogP contribution is 2.39. The minimum Gasteiger partial charge on any atom is -0.380 e. The number of nitrogens with one attached hydrogen (secondary N) is 1. The van der Waals surface area contributed by atoms with Crippen LogP contribution in [0.2, 0.25) is 5.02 Å². The Morgan fingerprint density at radius 1 is 1.29 bits per heavy atom. The largest absolute Gasteiger partial charge is 0.380 e. The smallest absolute Gasteiger partial charge is 0.222 e. The van der Waals surface area contributed by atoms with E-state index in [0.29, 0.717) is 19.5 Å². The summed E-state index contributed by atoms with van der Waals surface area (Å²) in [5.74, 6) is 0.00112. The van der Waals surface area contributed by atoms with Gasteiger partial charge in [-0.1, -0.05) is 43.0 Å². The summed E-state index contributed by atoms with van der Waals surface area (Å²) < 4.78 is 5.18. The molecule has 0 heterocycles. The van der Waals surface area contributed by atoms with E-state index in [1.807, 2.05) is 12.1 Å². The molecule has 1 amide bonds. The topological polar surface area (TPSA) is 64.3 Å². The number of benzene rings is 1. The SMILES string of the molecule is COC(CN)CC(=O)NCC1(c2ccc(Cl)cc2)CCCCC1.Cl. The van der Waals surface area contributed by atoms with Crippen molar-refractivity contribution < 1.29 is 9.53 Å². The highest BCUT2D eigenvalue weighted by atomic mass is 35.5. The number of hydrogen-bond acceptors (Lipinski definition) is 3. The van der Waals surface area contributed by atoms with E-state index in [1.165, 1.54) is 24.8 Å². The number of nitrogens with two attached hydrogens (primary N) is 1. The van der Waals surface area contributed by atoms with E-state index in [-0.39, 0.29) is 29.8 Å². The fourth-order valence-electron chi connectivity index (χ4n) is 3.41. The lowest BCUT2D eigenvalue weighted by atomic mass is 9.69. The Kier molecular flexibility index (Phi) is 9.06. The third kappa shape index (κ3) is 5.62. The van der Waals surface area contributed by atoms with Crippen LogP contribution >= 0.6 is 24.0 Å². The Morgan fingerprint density at radius 2 is 1.92 bits per heavy atom. The third-order valence-corrected chi connectivity index (χ3v) is 5.15. The van der Waals surface area contributed by atoms with Gasteiger partial charge in [-0.3, -0.25) is 4.79 Å². The Labute approximate surface area is 155 Å². The number of amides is 1. The molecule has 1 aliphatic carbocycles. The molecule has 1 aromatic carbocycles. The van der Waals surface area contributed by atoms with Crippen molar-refractivity contribution in [1.82, 2.24) is 5.32 Å². The summed E-state index contributed by atoms with van der Waals surface area (Å²) in [6.45, 7) is 1.01. The minimum atomic E-state index is -0.215. The average molecular weight is 375 g/mol. The van der Waals surface area contributed by atoms with Crippen LogP contribution in [0.5, 0.6) is 0 Å². The summed E-state index contributed by atoms with van der Waals surface area (Å²) in [6.07, 6.45) is 5.95. The number of hydrogen-bond donors (Lipinski definition) is 2. The van der Waals surface area contributed by atoms with Gasteiger partial charge in [-0.2, -0.15) is 0 Å². The van der Waals surface area contributed by atoms with Crippen LogP contribution in [-0.2, 0) is 14.9 Å². The molecular formula is C18H28Cl2N2O2. The lowest BCUT2D eigenvalue weighted by Gasteiger charge is -2.38. The summed E-state index contributed by atoms with van der Waals surface area (Å²) >= 11 is 6.02. The van der Waals surface area contributed by atoms with Gasteiger partial charge in [-0.15, -0.1) is 12.4 Å². The number of ether oxygens (including phenoxy) is 1. The van der Waals surface area contributed by atoms with Crippen LogP contribution in [0.15, 0.2) is 24.3 Å². The maximum atomic E-state index is 12.2. The maximum Gasteiger partial charge on any atom is 0.222 e. The molecule has 1 saturated carbocycles. The van der Waals surface area contributed by atoms with Crippen molar-refractivity contribution in [2.24, 2.45) is 5.73 Å². The Balaban J connectivity index is 0.00000288. The van der Waals surface area contributed by atoms with Gasteiger partial charge in [0.15, 0.2) is 0 Å². The van der Waals surface area contributed by atoms with E-state index in [1.54, 1.807) is 7.11 Å². The zero-order chi connectivity index (χ0) is 16.7. The van der Waals surface area contributed by atoms with Crippen LogP contribution in [0, 0.1) is 0 Å². The van der Waals surface area contributed by atoms with Crippen molar-refractivity contribution in [1.29, 1.82) is 0 Å². The monoisotopic (exact) mass is 374 g/mol. The van der Waals surface area contributed by atoms with E-state index in [9.17, 15) is 4.79 Å². The molecular weight excluding hydrogens is 347 g/mol. The second kappa shape index (κ2) is 10.2. The molecule has 1 aromatic rings. The van der Waals surface area contributed by atoms with Crippen molar-refractivity contribution in [3.8, 4) is 0 Å². The lowest BCUT2D eigenvalue weighted by molar-refractivity contribution is -0.123. The van der Waals surface area contributed by atoms with E-state index in [2.05, 4.69) is 17.4 Å². The lowest BCUT2D eigenvalue weighted by Crippen LogP contribution is -2.43. The zero-order valence-corrected chi connectivity index (χ0v) is 15.8. The van der Waals surface area contributed by atoms with Crippen LogP contribution in [0.4, 0.5) is 0 Å². The highest BCUT2D eigenvalue weighted by Gasteiger charge is 2.34. The van der Waals surface area contributed by atoms with Crippen LogP contribution in [-0.4, -0.2) is 32.2 Å². The van der Waals surface area contributed by atoms with E-state index in [0.717, 1.165) is 17.9 Å². The molecule has 4 nitrogen and oxygen atoms in total. The van der Waals surface area contributed by atoms with Gasteiger partial charge in [0.05, 0.1) is 12.5 Å². The van der Waals surface area contributed by atoms with Crippen molar-refractivity contribution in [3.05, 3.63) is 34.9 Å². The predicted molar refractivity (Wildman–Crippen MR) is 101 cm³/mol. The fraction of sp³-hybridized carbons (Fsp3) is 0.611. The first kappa shape index (κ1) is 21.2. The van der Waals surface area contributed by atoms with Crippen molar-refractivity contribution in [2.75, 3.05) is 20.2 Å². The number of methoxy groups -OCH3 is 1. The van der Waals surface area contributed by atoms with E-state index < -0.39 is 0 Å². The molecule has 136 valence electrons. The fourth-order valence-corrected chi connectivity index (χ4v) is 3.54. The first-order chi connectivity index (χ1) is 11.1. The molecule has 1 unspecified atom stereocenters. The van der Waals surface area contributed by atoms with Crippen LogP contribution in [0.25, 0.3) is 0 Å². The molecule has 24 heavy (non-hydrogen) atoms. The highest BCUT2D eigenvalue weighted by molar-refractivity contribution is 6.30. The Morgan fingerprint density at radius 3 is 2.46 bits per heavy atom. The number of halogens is 2. The van der Waals surface area contributed by atoms with Gasteiger partial charge in [0, 0.05) is 30.6 Å². The van der Waals surface area contributed by atoms with Gasteiger partial charge >= 0.3 is 0 Å². The molecule has 1 aliphatic rings. The molecule has 1 atom stereocenters. The average Bonchev–Trinajstić information content (AvgIpc) is 2.59. The summed E-state index contributed by atoms with van der Waals surface area (Å²) in [5.41, 5.74) is 6.87. The predicted octanol–water partition coefficient (Wildman–Crippen LogP) is 3.44. The number of carbonyl (C=O) groups is 1.